The van der Waals surface area contributed by atoms with E-state index in [-0.39, 0.29) is 11.8 Å². The molecule has 0 bridgehead atoms. The van der Waals surface area contributed by atoms with Crippen molar-refractivity contribution in [2.75, 3.05) is 0 Å². The molecule has 12 heavy (non-hydrogen) atoms. The third kappa shape index (κ3) is 0.891. The van der Waals surface area contributed by atoms with E-state index in [1.807, 2.05) is 4.68 Å². The van der Waals surface area contributed by atoms with Crippen LogP contribution in [0.2, 0.25) is 0 Å². The molecule has 3 heteroatoms. The summed E-state index contributed by atoms with van der Waals surface area (Å²) in [6.07, 6.45) is 2.32. The molecule has 2 rings (SSSR count). The summed E-state index contributed by atoms with van der Waals surface area (Å²) in [5, 5.41) is 4.15. The van der Waals surface area contributed by atoms with Crippen LogP contribution in [0.15, 0.2) is 12.3 Å². The van der Waals surface area contributed by atoms with Crippen LogP contribution in [0.5, 0.6) is 0 Å². The van der Waals surface area contributed by atoms with Crippen LogP contribution >= 0.6 is 0 Å². The summed E-state index contributed by atoms with van der Waals surface area (Å²) in [5.74, 6) is 0.710. The Morgan fingerprint density at radius 3 is 3.08 bits per heavy atom. The highest BCUT2D eigenvalue weighted by Gasteiger charge is 2.31. The lowest BCUT2D eigenvalue weighted by molar-refractivity contribution is 0.0984. The Morgan fingerprint density at radius 1 is 1.67 bits per heavy atom. The van der Waals surface area contributed by atoms with Crippen LogP contribution in [-0.4, -0.2) is 15.6 Å². The molecule has 1 aromatic rings. The molecule has 3 nitrogen and oxygen atoms in total. The summed E-state index contributed by atoms with van der Waals surface area (Å²) < 4.78 is 1.85. The molecule has 1 aliphatic rings. The van der Waals surface area contributed by atoms with Crippen LogP contribution < -0.4 is 0 Å². The lowest BCUT2D eigenvalue weighted by atomic mass is 10.0. The molecule has 0 aliphatic carbocycles. The highest BCUT2D eigenvalue weighted by Crippen LogP contribution is 2.30. The van der Waals surface area contributed by atoms with E-state index in [9.17, 15) is 4.79 Å². The molecule has 0 N–H and O–H groups in total. The molecular formula is C9H12N2O. The summed E-state index contributed by atoms with van der Waals surface area (Å²) in [4.78, 5) is 11.4. The zero-order chi connectivity index (χ0) is 8.72. The summed E-state index contributed by atoms with van der Waals surface area (Å²) in [7, 11) is 0. The van der Waals surface area contributed by atoms with E-state index in [0.29, 0.717) is 12.3 Å². The number of carbonyl (C=O) groups is 1. The average Bonchev–Trinajstić information content (AvgIpc) is 2.53. The minimum Gasteiger partial charge on any atom is -0.292 e. The van der Waals surface area contributed by atoms with E-state index < -0.39 is 0 Å². The van der Waals surface area contributed by atoms with E-state index >= 15 is 0 Å². The van der Waals surface area contributed by atoms with Crippen molar-refractivity contribution in [2.45, 2.75) is 26.3 Å². The molecule has 1 aliphatic heterocycles. The molecule has 0 saturated heterocycles. The smallest absolute Gasteiger partial charge is 0.183 e. The maximum Gasteiger partial charge on any atom is 0.183 e. The van der Waals surface area contributed by atoms with Crippen LogP contribution in [0, 0.1) is 5.92 Å². The lowest BCUT2D eigenvalue weighted by Crippen LogP contribution is -2.11. The van der Waals surface area contributed by atoms with Crippen molar-refractivity contribution in [3.63, 3.8) is 0 Å². The van der Waals surface area contributed by atoms with Gasteiger partial charge in [0, 0.05) is 12.6 Å². The minimum absolute atomic E-state index is 0.228. The fourth-order valence-corrected chi connectivity index (χ4v) is 1.70. The molecule has 2 heterocycles. The number of Topliss-reactive ketones (excluding diaryl/α,β-unsaturated/α-hetero) is 1. The molecule has 0 unspecified atom stereocenters. The van der Waals surface area contributed by atoms with Gasteiger partial charge < -0.3 is 0 Å². The van der Waals surface area contributed by atoms with Gasteiger partial charge >= 0.3 is 0 Å². The van der Waals surface area contributed by atoms with Gasteiger partial charge in [-0.2, -0.15) is 5.10 Å². The van der Waals surface area contributed by atoms with Crippen molar-refractivity contribution in [2.24, 2.45) is 5.92 Å². The molecule has 0 fully saturated rings. The van der Waals surface area contributed by atoms with Crippen molar-refractivity contribution >= 4 is 5.78 Å². The number of carbonyl (C=O) groups excluding carboxylic acids is 1. The Labute approximate surface area is 71.4 Å². The zero-order valence-corrected chi connectivity index (χ0v) is 7.32. The summed E-state index contributed by atoms with van der Waals surface area (Å²) in [6.45, 7) is 4.24. The van der Waals surface area contributed by atoms with Gasteiger partial charge in [0.1, 0.15) is 5.69 Å². The second kappa shape index (κ2) is 2.44. The van der Waals surface area contributed by atoms with Gasteiger partial charge in [-0.1, -0.05) is 13.8 Å². The third-order valence-electron chi connectivity index (χ3n) is 2.43. The van der Waals surface area contributed by atoms with Crippen molar-refractivity contribution < 1.29 is 4.79 Å². The second-order valence-corrected chi connectivity index (χ2v) is 3.60. The van der Waals surface area contributed by atoms with Gasteiger partial charge in [0.2, 0.25) is 0 Å². The van der Waals surface area contributed by atoms with Crippen LogP contribution in [0.1, 0.15) is 36.8 Å². The quantitative estimate of drug-likeness (QED) is 0.632. The first-order chi connectivity index (χ1) is 5.70. The Hall–Kier alpha value is -1.12. The maximum atomic E-state index is 11.4. The van der Waals surface area contributed by atoms with Crippen molar-refractivity contribution in [3.8, 4) is 0 Å². The fourth-order valence-electron chi connectivity index (χ4n) is 1.70. The number of hydrogen-bond donors (Lipinski definition) is 0. The SMILES string of the molecule is CC(C)[C@@H]1CC(=O)c2ccnn21. The van der Waals surface area contributed by atoms with Gasteiger partial charge in [0.25, 0.3) is 0 Å². The number of hydrogen-bond acceptors (Lipinski definition) is 2. The van der Waals surface area contributed by atoms with E-state index in [1.165, 1.54) is 0 Å². The minimum atomic E-state index is 0.228. The van der Waals surface area contributed by atoms with Crippen LogP contribution in [0.4, 0.5) is 0 Å². The van der Waals surface area contributed by atoms with Gasteiger partial charge in [0.05, 0.1) is 6.04 Å². The topological polar surface area (TPSA) is 34.9 Å². The second-order valence-electron chi connectivity index (χ2n) is 3.60. The molecule has 0 saturated carbocycles. The summed E-state index contributed by atoms with van der Waals surface area (Å²) in [6, 6.07) is 2.08. The monoisotopic (exact) mass is 164 g/mol. The number of fused-ring (bicyclic) bond motifs is 1. The molecule has 64 valence electrons. The third-order valence-corrected chi connectivity index (χ3v) is 2.43. The number of rotatable bonds is 1. The van der Waals surface area contributed by atoms with Gasteiger partial charge in [-0.15, -0.1) is 0 Å². The molecule has 0 radical (unpaired) electrons. The molecule has 0 aromatic carbocycles. The van der Waals surface area contributed by atoms with Gasteiger partial charge in [-0.3, -0.25) is 9.48 Å². The molecule has 1 aromatic heterocycles. The van der Waals surface area contributed by atoms with Crippen LogP contribution in [-0.2, 0) is 0 Å². The Morgan fingerprint density at radius 2 is 2.42 bits per heavy atom. The summed E-state index contributed by atoms with van der Waals surface area (Å²) in [5.41, 5.74) is 0.772. The molecular weight excluding hydrogens is 152 g/mol. The van der Waals surface area contributed by atoms with E-state index in [4.69, 9.17) is 0 Å². The van der Waals surface area contributed by atoms with Gasteiger partial charge in [-0.05, 0) is 12.0 Å². The number of nitrogens with zero attached hydrogens (tertiary/aromatic N) is 2. The first kappa shape index (κ1) is 7.53. The van der Waals surface area contributed by atoms with E-state index in [0.717, 1.165) is 5.69 Å². The van der Waals surface area contributed by atoms with E-state index in [2.05, 4.69) is 18.9 Å². The highest BCUT2D eigenvalue weighted by molar-refractivity contribution is 5.96. The summed E-state index contributed by atoms with van der Waals surface area (Å²) >= 11 is 0. The van der Waals surface area contributed by atoms with Crippen LogP contribution in [0.25, 0.3) is 0 Å². The highest BCUT2D eigenvalue weighted by atomic mass is 16.1. The predicted molar refractivity (Wildman–Crippen MR) is 45.0 cm³/mol. The Kier molecular flexibility index (Phi) is 1.53. The van der Waals surface area contributed by atoms with Crippen molar-refractivity contribution in [1.29, 1.82) is 0 Å². The first-order valence-electron chi connectivity index (χ1n) is 4.27. The first-order valence-corrected chi connectivity index (χ1v) is 4.27. The normalized spacial score (nSPS) is 21.9. The lowest BCUT2D eigenvalue weighted by Gasteiger charge is -2.14. The van der Waals surface area contributed by atoms with Gasteiger partial charge in [0.15, 0.2) is 5.78 Å². The molecule has 1 atom stereocenters. The zero-order valence-electron chi connectivity index (χ0n) is 7.32. The number of ketones is 1. The fraction of sp³-hybridized carbons (Fsp3) is 0.556. The van der Waals surface area contributed by atoms with E-state index in [1.54, 1.807) is 12.3 Å². The number of aromatic nitrogens is 2. The van der Waals surface area contributed by atoms with Crippen molar-refractivity contribution in [3.05, 3.63) is 18.0 Å². The maximum absolute atomic E-state index is 11.4. The Balaban J connectivity index is 2.42. The standard InChI is InChI=1S/C9H12N2O/c1-6(2)8-5-9(12)7-3-4-10-11(7)8/h3-4,6,8H,5H2,1-2H3/t8-/m0/s1. The van der Waals surface area contributed by atoms with Crippen molar-refractivity contribution in [1.82, 2.24) is 9.78 Å². The largest absolute Gasteiger partial charge is 0.292 e. The molecule has 0 spiro atoms. The van der Waals surface area contributed by atoms with Gasteiger partial charge in [-0.25, -0.2) is 0 Å². The van der Waals surface area contributed by atoms with Crippen LogP contribution in [0.3, 0.4) is 0 Å². The molecule has 0 amide bonds. The Bertz CT molecular complexity index is 314. The predicted octanol–water partition coefficient (Wildman–Crippen LogP) is 1.67. The average molecular weight is 164 g/mol.